The van der Waals surface area contributed by atoms with Gasteiger partial charge in [-0.15, -0.1) is 0 Å². The smallest absolute Gasteiger partial charge is 0.231 e. The van der Waals surface area contributed by atoms with Gasteiger partial charge in [0.2, 0.25) is 5.91 Å². The highest BCUT2D eigenvalue weighted by atomic mass is 19.1. The van der Waals surface area contributed by atoms with Crippen molar-refractivity contribution in [3.05, 3.63) is 71.8 Å². The highest BCUT2D eigenvalue weighted by molar-refractivity contribution is 6.09. The zero-order valence-electron chi connectivity index (χ0n) is 15.8. The first-order chi connectivity index (χ1) is 14.0. The third kappa shape index (κ3) is 4.11. The van der Waals surface area contributed by atoms with E-state index in [1.807, 2.05) is 30.3 Å². The average Bonchev–Trinajstić information content (AvgIpc) is 2.71. The lowest BCUT2D eigenvalue weighted by Crippen LogP contribution is -2.57. The van der Waals surface area contributed by atoms with Crippen molar-refractivity contribution in [1.82, 2.24) is 10.3 Å². The molecule has 150 valence electrons. The fourth-order valence-electron chi connectivity index (χ4n) is 4.64. The highest BCUT2D eigenvalue weighted by Crippen LogP contribution is 2.45. The molecule has 2 aliphatic rings. The monoisotopic (exact) mass is 396 g/mol. The third-order valence-electron chi connectivity index (χ3n) is 5.93. The van der Waals surface area contributed by atoms with E-state index in [0.29, 0.717) is 18.4 Å². The van der Waals surface area contributed by atoms with Crippen LogP contribution >= 0.6 is 0 Å². The number of halogens is 2. The summed E-state index contributed by atoms with van der Waals surface area (Å²) in [6.45, 7) is 0. The van der Waals surface area contributed by atoms with Crippen LogP contribution in [0.3, 0.4) is 0 Å². The molecule has 1 aliphatic heterocycles. The van der Waals surface area contributed by atoms with Crippen LogP contribution < -0.4 is 5.32 Å². The van der Waals surface area contributed by atoms with Crippen LogP contribution in [-0.4, -0.2) is 28.9 Å². The Bertz CT molecular complexity index is 931. The van der Waals surface area contributed by atoms with Crippen LogP contribution in [0.2, 0.25) is 0 Å². The summed E-state index contributed by atoms with van der Waals surface area (Å²) in [6.07, 6.45) is 5.72. The first kappa shape index (κ1) is 19.4. The lowest BCUT2D eigenvalue weighted by atomic mass is 9.64. The van der Waals surface area contributed by atoms with Crippen LogP contribution in [0.25, 0.3) is 6.08 Å². The van der Waals surface area contributed by atoms with Crippen molar-refractivity contribution in [1.29, 1.82) is 0 Å². The number of aromatic nitrogens is 1. The Labute approximate surface area is 168 Å². The van der Waals surface area contributed by atoms with E-state index >= 15 is 0 Å². The van der Waals surface area contributed by atoms with Gasteiger partial charge in [-0.05, 0) is 54.5 Å². The van der Waals surface area contributed by atoms with Gasteiger partial charge in [0.15, 0.2) is 5.78 Å². The van der Waals surface area contributed by atoms with Crippen molar-refractivity contribution in [2.45, 2.75) is 37.4 Å². The van der Waals surface area contributed by atoms with Crippen molar-refractivity contribution in [3.8, 4) is 0 Å². The van der Waals surface area contributed by atoms with E-state index in [1.54, 1.807) is 0 Å². The number of ketones is 1. The molecule has 0 spiro atoms. The first-order valence-corrected chi connectivity index (χ1v) is 9.85. The molecule has 4 nitrogen and oxygen atoms in total. The molecular weight excluding hydrogens is 374 g/mol. The van der Waals surface area contributed by atoms with Crippen LogP contribution in [-0.2, 0) is 9.59 Å². The Morgan fingerprint density at radius 3 is 2.72 bits per heavy atom. The summed E-state index contributed by atoms with van der Waals surface area (Å²) in [5.41, 5.74) is 1.36. The number of hydrogen-bond acceptors (Lipinski definition) is 3. The summed E-state index contributed by atoms with van der Waals surface area (Å²) in [6, 6.07) is 10.5. The molecule has 0 bridgehead atoms. The second-order valence-corrected chi connectivity index (χ2v) is 7.78. The summed E-state index contributed by atoms with van der Waals surface area (Å²) in [4.78, 5) is 29.7. The molecule has 1 amide bonds. The molecule has 29 heavy (non-hydrogen) atoms. The number of hydrogen-bond donors (Lipinski definition) is 1. The summed E-state index contributed by atoms with van der Waals surface area (Å²) in [5, 5.41) is 2.88. The Balaban J connectivity index is 1.66. The van der Waals surface area contributed by atoms with Crippen molar-refractivity contribution in [2.75, 3.05) is 0 Å². The van der Waals surface area contributed by atoms with Crippen LogP contribution in [0.15, 0.2) is 54.9 Å². The minimum atomic E-state index is -0.930. The van der Waals surface area contributed by atoms with Gasteiger partial charge in [0.25, 0.3) is 0 Å². The van der Waals surface area contributed by atoms with Gasteiger partial charge in [-0.3, -0.25) is 14.6 Å². The number of carbonyl (C=O) groups excluding carboxylic acids is 2. The largest absolute Gasteiger partial charge is 0.352 e. The third-order valence-corrected chi connectivity index (χ3v) is 5.93. The van der Waals surface area contributed by atoms with E-state index in [9.17, 15) is 18.4 Å². The Morgan fingerprint density at radius 1 is 1.17 bits per heavy atom. The Hall–Kier alpha value is -2.89. The van der Waals surface area contributed by atoms with Crippen LogP contribution in [0.1, 0.15) is 36.3 Å². The Morgan fingerprint density at radius 2 is 1.97 bits per heavy atom. The van der Waals surface area contributed by atoms with Gasteiger partial charge in [0, 0.05) is 18.2 Å². The number of amides is 1. The van der Waals surface area contributed by atoms with Gasteiger partial charge in [-0.25, -0.2) is 8.78 Å². The van der Waals surface area contributed by atoms with Crippen molar-refractivity contribution in [3.63, 3.8) is 0 Å². The standard InChI is InChI=1S/C23H22F2N2O2/c24-16-7-8-18-19(11-16)27-23(29)22(21(18)15-4-2-1-3-5-15)20(28)9-6-14-10-17(25)13-26-12-14/h1-6,9-10,12-13,16,18-19,21-22H,7-8,11H2,(H,27,29)/b9-6+. The van der Waals surface area contributed by atoms with E-state index in [4.69, 9.17) is 0 Å². The van der Waals surface area contributed by atoms with Crippen molar-refractivity contribution >= 4 is 17.8 Å². The molecule has 1 saturated heterocycles. The molecular formula is C23H22F2N2O2. The molecule has 0 radical (unpaired) electrons. The molecule has 6 heteroatoms. The second-order valence-electron chi connectivity index (χ2n) is 7.78. The number of piperidine rings is 1. The van der Waals surface area contributed by atoms with Gasteiger partial charge in [-0.1, -0.05) is 30.3 Å². The number of carbonyl (C=O) groups is 2. The van der Waals surface area contributed by atoms with Gasteiger partial charge >= 0.3 is 0 Å². The van der Waals surface area contributed by atoms with E-state index in [-0.39, 0.29) is 36.0 Å². The fraction of sp³-hybridized carbons (Fsp3) is 0.348. The van der Waals surface area contributed by atoms with E-state index in [0.717, 1.165) is 11.8 Å². The van der Waals surface area contributed by atoms with Gasteiger partial charge in [-0.2, -0.15) is 0 Å². The predicted molar refractivity (Wildman–Crippen MR) is 105 cm³/mol. The molecule has 1 aromatic carbocycles. The zero-order chi connectivity index (χ0) is 20.4. The zero-order valence-corrected chi connectivity index (χ0v) is 15.8. The SMILES string of the molecule is O=C(/C=C/c1cncc(F)c1)C1C(=O)NC2CC(F)CCC2C1c1ccccc1. The second kappa shape index (κ2) is 8.23. The van der Waals surface area contributed by atoms with Gasteiger partial charge < -0.3 is 5.32 Å². The minimum absolute atomic E-state index is 0.000265. The van der Waals surface area contributed by atoms with Crippen molar-refractivity contribution < 1.29 is 18.4 Å². The number of nitrogens with one attached hydrogen (secondary N) is 1. The molecule has 5 unspecified atom stereocenters. The highest BCUT2D eigenvalue weighted by Gasteiger charge is 2.49. The topological polar surface area (TPSA) is 59.1 Å². The molecule has 4 rings (SSSR count). The predicted octanol–water partition coefficient (Wildman–Crippen LogP) is 3.84. The lowest BCUT2D eigenvalue weighted by Gasteiger charge is -2.45. The maximum Gasteiger partial charge on any atom is 0.231 e. The van der Waals surface area contributed by atoms with E-state index in [1.165, 1.54) is 24.4 Å². The molecule has 1 aliphatic carbocycles. The lowest BCUT2D eigenvalue weighted by molar-refractivity contribution is -0.138. The van der Waals surface area contributed by atoms with Gasteiger partial charge in [0.05, 0.1) is 6.20 Å². The number of rotatable bonds is 4. The van der Waals surface area contributed by atoms with Crippen LogP contribution in [0.5, 0.6) is 0 Å². The normalized spacial score (nSPS) is 29.3. The molecule has 1 saturated carbocycles. The van der Waals surface area contributed by atoms with Crippen molar-refractivity contribution in [2.24, 2.45) is 11.8 Å². The molecule has 2 fully saturated rings. The molecule has 1 aromatic heterocycles. The minimum Gasteiger partial charge on any atom is -0.352 e. The Kier molecular flexibility index (Phi) is 5.51. The number of pyridine rings is 1. The summed E-state index contributed by atoms with van der Waals surface area (Å²) >= 11 is 0. The van der Waals surface area contributed by atoms with Gasteiger partial charge in [0.1, 0.15) is 17.9 Å². The van der Waals surface area contributed by atoms with E-state index < -0.39 is 17.9 Å². The number of fused-ring (bicyclic) bond motifs is 1. The number of nitrogens with zero attached hydrogens (tertiary/aromatic N) is 1. The summed E-state index contributed by atoms with van der Waals surface area (Å²) in [5.74, 6) is -2.43. The average molecular weight is 396 g/mol. The maximum atomic E-state index is 13.9. The number of benzene rings is 1. The number of alkyl halides is 1. The van der Waals surface area contributed by atoms with E-state index in [2.05, 4.69) is 10.3 Å². The molecule has 2 heterocycles. The quantitative estimate of drug-likeness (QED) is 0.631. The molecule has 5 atom stereocenters. The maximum absolute atomic E-state index is 13.9. The first-order valence-electron chi connectivity index (χ1n) is 9.85. The number of allylic oxidation sites excluding steroid dienone is 1. The van der Waals surface area contributed by atoms with Crippen LogP contribution in [0.4, 0.5) is 8.78 Å². The summed E-state index contributed by atoms with van der Waals surface area (Å²) in [7, 11) is 0. The van der Waals surface area contributed by atoms with Crippen LogP contribution in [0, 0.1) is 17.7 Å². The fourth-order valence-corrected chi connectivity index (χ4v) is 4.64. The molecule has 1 N–H and O–H groups in total. The summed E-state index contributed by atoms with van der Waals surface area (Å²) < 4.78 is 27.3. The molecule has 2 aromatic rings.